The van der Waals surface area contributed by atoms with Crippen molar-refractivity contribution < 1.29 is 22.3 Å². The molecule has 1 aliphatic heterocycles. The Hall–Kier alpha value is -2.40. The van der Waals surface area contributed by atoms with E-state index in [1.54, 1.807) is 48.7 Å². The molecule has 0 spiro atoms. The van der Waals surface area contributed by atoms with Crippen LogP contribution in [0, 0.1) is 5.92 Å². The average molecular weight is 594 g/mol. The fraction of sp³-hybridized carbons (Fsp3) is 0.500. The van der Waals surface area contributed by atoms with Crippen LogP contribution in [0.25, 0.3) is 0 Å². The Morgan fingerprint density at radius 3 is 2.49 bits per heavy atom. The second-order valence-electron chi connectivity index (χ2n) is 11.5. The Bertz CT molecular complexity index is 1340. The lowest BCUT2D eigenvalue weighted by Crippen LogP contribution is -2.41. The van der Waals surface area contributed by atoms with Crippen LogP contribution in [0.1, 0.15) is 52.2 Å². The van der Waals surface area contributed by atoms with Gasteiger partial charge in [0.1, 0.15) is 16.4 Å². The number of nitrogens with zero attached hydrogens (tertiary/aromatic N) is 3. The predicted molar refractivity (Wildman–Crippen MR) is 161 cm³/mol. The number of ether oxygens (including phenoxy) is 2. The van der Waals surface area contributed by atoms with Crippen LogP contribution in [0.2, 0.25) is 23.2 Å². The summed E-state index contributed by atoms with van der Waals surface area (Å²) >= 11 is 6.14. The molecule has 0 amide bonds. The first kappa shape index (κ1) is 31.1. The van der Waals surface area contributed by atoms with Crippen molar-refractivity contribution in [2.75, 3.05) is 26.9 Å². The molecular formula is C28H40ClN3O5SSi. The van der Waals surface area contributed by atoms with Crippen LogP contribution in [-0.2, 0) is 14.4 Å². The molecule has 0 aromatic heterocycles. The van der Waals surface area contributed by atoms with Crippen LogP contribution < -0.4 is 9.47 Å². The maximum absolute atomic E-state index is 12.9. The van der Waals surface area contributed by atoms with Crippen molar-refractivity contribution in [1.82, 2.24) is 5.01 Å². The zero-order valence-electron chi connectivity index (χ0n) is 24.1. The van der Waals surface area contributed by atoms with Gasteiger partial charge >= 0.3 is 0 Å². The largest absolute Gasteiger partial charge is 0.495 e. The normalized spacial score (nSPS) is 15.0. The molecule has 8 nitrogen and oxygen atoms in total. The number of hydrazone groups is 1. The minimum absolute atomic E-state index is 0.142. The monoisotopic (exact) mass is 593 g/mol. The molecule has 0 aliphatic carbocycles. The van der Waals surface area contributed by atoms with Crippen LogP contribution >= 0.6 is 11.6 Å². The number of fused-ring (bicyclic) bond motifs is 1. The highest BCUT2D eigenvalue weighted by Gasteiger charge is 2.37. The average Bonchev–Trinajstić information content (AvgIpc) is 3.11. The van der Waals surface area contributed by atoms with Crippen molar-refractivity contribution in [3.05, 3.63) is 52.5 Å². The van der Waals surface area contributed by atoms with Gasteiger partial charge in [-0.15, -0.1) is 4.40 Å². The van der Waals surface area contributed by atoms with Gasteiger partial charge in [-0.2, -0.15) is 13.5 Å². The van der Waals surface area contributed by atoms with Gasteiger partial charge in [0.05, 0.1) is 25.0 Å². The lowest BCUT2D eigenvalue weighted by Gasteiger charge is -2.36. The fourth-order valence-electron chi connectivity index (χ4n) is 3.62. The van der Waals surface area contributed by atoms with Gasteiger partial charge in [0.15, 0.2) is 14.2 Å². The molecule has 39 heavy (non-hydrogen) atoms. The van der Waals surface area contributed by atoms with Crippen molar-refractivity contribution in [2.24, 2.45) is 15.4 Å². The van der Waals surface area contributed by atoms with E-state index in [1.807, 2.05) is 19.9 Å². The van der Waals surface area contributed by atoms with Gasteiger partial charge in [0.25, 0.3) is 10.0 Å². The highest BCUT2D eigenvalue weighted by molar-refractivity contribution is 7.90. The molecule has 0 atom stereocenters. The van der Waals surface area contributed by atoms with E-state index in [9.17, 15) is 8.42 Å². The Kier molecular flexibility index (Phi) is 9.90. The fourth-order valence-corrected chi connectivity index (χ4v) is 6.09. The zero-order valence-corrected chi connectivity index (χ0v) is 26.7. The molecule has 0 N–H and O–H groups in total. The summed E-state index contributed by atoms with van der Waals surface area (Å²) in [6.45, 7) is 16.7. The molecule has 3 rings (SSSR count). The Morgan fingerprint density at radius 1 is 1.13 bits per heavy atom. The Balaban J connectivity index is 1.79. The molecule has 2 aromatic rings. The summed E-state index contributed by atoms with van der Waals surface area (Å²) in [7, 11) is -4.11. The number of methoxy groups -OCH3 is 1. The quantitative estimate of drug-likeness (QED) is 0.126. The second-order valence-corrected chi connectivity index (χ2v) is 18.3. The van der Waals surface area contributed by atoms with Gasteiger partial charge in [-0.3, -0.25) is 0 Å². The number of hydrogen-bond acceptors (Lipinski definition) is 7. The molecular weight excluding hydrogens is 554 g/mol. The summed E-state index contributed by atoms with van der Waals surface area (Å²) in [4.78, 5) is 0.142. The van der Waals surface area contributed by atoms with Crippen molar-refractivity contribution in [3.63, 3.8) is 0 Å². The smallest absolute Gasteiger partial charge is 0.285 e. The topological polar surface area (TPSA) is 89.8 Å². The molecule has 2 aromatic carbocycles. The van der Waals surface area contributed by atoms with Crippen LogP contribution in [0.5, 0.6) is 11.5 Å². The highest BCUT2D eigenvalue weighted by Crippen LogP contribution is 2.36. The van der Waals surface area contributed by atoms with E-state index >= 15 is 0 Å². The molecule has 0 unspecified atom stereocenters. The summed E-state index contributed by atoms with van der Waals surface area (Å²) in [5, 5.41) is 6.87. The first-order valence-electron chi connectivity index (χ1n) is 13.1. The third-order valence-corrected chi connectivity index (χ3v) is 13.0. The molecule has 11 heteroatoms. The van der Waals surface area contributed by atoms with Crippen molar-refractivity contribution in [1.29, 1.82) is 0 Å². The maximum atomic E-state index is 12.9. The van der Waals surface area contributed by atoms with Gasteiger partial charge < -0.3 is 13.9 Å². The minimum Gasteiger partial charge on any atom is -0.495 e. The number of amidine groups is 1. The minimum atomic E-state index is -3.85. The summed E-state index contributed by atoms with van der Waals surface area (Å²) in [5.41, 5.74) is 1.22. The van der Waals surface area contributed by atoms with Crippen molar-refractivity contribution >= 4 is 42.0 Å². The predicted octanol–water partition coefficient (Wildman–Crippen LogP) is 6.58. The van der Waals surface area contributed by atoms with Crippen LogP contribution in [0.15, 0.2) is 50.8 Å². The van der Waals surface area contributed by atoms with Crippen LogP contribution in [0.4, 0.5) is 0 Å². The SMILES string of the molecule is COc1cc(/C=N/N(CC(C)C)C2=NS(=O)(=O)c3ccc(OCCCO[Si](C)(C)C(C)(C)C)cc32)ccc1Cl. The summed E-state index contributed by atoms with van der Waals surface area (Å²) in [6, 6.07) is 10.2. The number of hydrogen-bond donors (Lipinski definition) is 0. The van der Waals surface area contributed by atoms with Gasteiger partial charge in [-0.25, -0.2) is 5.01 Å². The van der Waals surface area contributed by atoms with Gasteiger partial charge in [0.2, 0.25) is 0 Å². The molecule has 1 aliphatic rings. The number of benzene rings is 2. The van der Waals surface area contributed by atoms with Crippen LogP contribution in [-0.4, -0.2) is 60.7 Å². The molecule has 0 fully saturated rings. The zero-order chi connectivity index (χ0) is 29.0. The number of rotatable bonds is 11. The maximum Gasteiger partial charge on any atom is 0.285 e. The van der Waals surface area contributed by atoms with E-state index in [0.29, 0.717) is 41.8 Å². The first-order valence-corrected chi connectivity index (χ1v) is 17.8. The third-order valence-electron chi connectivity index (χ3n) is 6.81. The van der Waals surface area contributed by atoms with E-state index in [-0.39, 0.29) is 21.7 Å². The molecule has 0 radical (unpaired) electrons. The molecule has 0 saturated heterocycles. The first-order chi connectivity index (χ1) is 18.1. The van der Waals surface area contributed by atoms with E-state index in [0.717, 1.165) is 12.0 Å². The number of halogens is 1. The summed E-state index contributed by atoms with van der Waals surface area (Å²) < 4.78 is 47.3. The van der Waals surface area contributed by atoms with E-state index in [4.69, 9.17) is 25.5 Å². The van der Waals surface area contributed by atoms with Gasteiger partial charge in [-0.1, -0.05) is 52.3 Å². The Morgan fingerprint density at radius 2 is 1.85 bits per heavy atom. The standard InChI is InChI=1S/C28H40ClN3O5SSi/c1-20(2)19-32(30-18-21-10-12-24(29)25(16-21)35-6)27-23-17-22(11-13-26(23)38(33,34)31-27)36-14-9-15-37-39(7,8)28(3,4)5/h10-13,16-18,20H,9,14-15,19H2,1-8H3/b30-18+. The summed E-state index contributed by atoms with van der Waals surface area (Å²) in [5.74, 6) is 1.56. The third kappa shape index (κ3) is 7.84. The lowest BCUT2D eigenvalue weighted by molar-refractivity contribution is 0.233. The molecule has 1 heterocycles. The van der Waals surface area contributed by atoms with E-state index in [1.165, 1.54) is 0 Å². The molecule has 0 saturated carbocycles. The van der Waals surface area contributed by atoms with Gasteiger partial charge in [0, 0.05) is 25.1 Å². The second kappa shape index (κ2) is 12.4. The Labute approximate surface area is 239 Å². The molecule has 214 valence electrons. The van der Waals surface area contributed by atoms with Crippen molar-refractivity contribution in [3.8, 4) is 11.5 Å². The van der Waals surface area contributed by atoms with Crippen molar-refractivity contribution in [2.45, 2.75) is 64.1 Å². The van der Waals surface area contributed by atoms with Gasteiger partial charge in [-0.05, 0) is 59.9 Å². The van der Waals surface area contributed by atoms with E-state index in [2.05, 4.69) is 43.4 Å². The highest BCUT2D eigenvalue weighted by atomic mass is 35.5. The number of sulfonamides is 1. The van der Waals surface area contributed by atoms with E-state index < -0.39 is 18.3 Å². The summed E-state index contributed by atoms with van der Waals surface area (Å²) in [6.07, 6.45) is 2.37. The van der Waals surface area contributed by atoms with Crippen LogP contribution in [0.3, 0.4) is 0 Å². The molecule has 0 bridgehead atoms. The lowest BCUT2D eigenvalue weighted by atomic mass is 10.1.